The molecule has 1 heterocycles. The molecule has 1 N–H and O–H groups in total. The van der Waals surface area contributed by atoms with Crippen LogP contribution in [0, 0.1) is 18.3 Å². The minimum Gasteiger partial charge on any atom is -0.380 e. The van der Waals surface area contributed by atoms with Crippen LogP contribution >= 0.6 is 0 Å². The van der Waals surface area contributed by atoms with Gasteiger partial charge in [0, 0.05) is 25.2 Å². The van der Waals surface area contributed by atoms with Gasteiger partial charge in [0.25, 0.3) is 0 Å². The van der Waals surface area contributed by atoms with E-state index in [0.29, 0.717) is 6.04 Å². The summed E-state index contributed by atoms with van der Waals surface area (Å²) in [5.41, 5.74) is 2.85. The average Bonchev–Trinajstić information content (AvgIpc) is 3.11. The fourth-order valence-corrected chi connectivity index (χ4v) is 2.83. The molecule has 0 bridgehead atoms. The standard InChI is InChI=1S/C15H19N3/c1-11-3-2-4-15(14(11)9-16)17-12-7-8-18(10-12)13-5-6-13/h2-4,12-13,17H,5-8,10H2,1H3. The molecule has 1 aromatic carbocycles. The van der Waals surface area contributed by atoms with Crippen molar-refractivity contribution in [3.8, 4) is 6.07 Å². The topological polar surface area (TPSA) is 39.1 Å². The number of nitriles is 1. The van der Waals surface area contributed by atoms with Gasteiger partial charge in [-0.15, -0.1) is 0 Å². The highest BCUT2D eigenvalue weighted by atomic mass is 15.2. The zero-order valence-electron chi connectivity index (χ0n) is 10.8. The number of hydrogen-bond donors (Lipinski definition) is 1. The average molecular weight is 241 g/mol. The van der Waals surface area contributed by atoms with Crippen molar-refractivity contribution in [2.75, 3.05) is 18.4 Å². The summed E-state index contributed by atoms with van der Waals surface area (Å²) < 4.78 is 0. The number of aryl methyl sites for hydroxylation is 1. The van der Waals surface area contributed by atoms with Crippen molar-refractivity contribution >= 4 is 5.69 Å². The Morgan fingerprint density at radius 3 is 2.89 bits per heavy atom. The molecule has 1 unspecified atom stereocenters. The molecule has 1 atom stereocenters. The largest absolute Gasteiger partial charge is 0.380 e. The molecular formula is C15H19N3. The molecule has 3 nitrogen and oxygen atoms in total. The van der Waals surface area contributed by atoms with Gasteiger partial charge in [-0.2, -0.15) is 5.26 Å². The number of hydrogen-bond acceptors (Lipinski definition) is 3. The number of rotatable bonds is 3. The van der Waals surface area contributed by atoms with Crippen molar-refractivity contribution < 1.29 is 0 Å². The highest BCUT2D eigenvalue weighted by molar-refractivity contribution is 5.61. The summed E-state index contributed by atoms with van der Waals surface area (Å²) in [6.07, 6.45) is 3.94. The third-order valence-corrected chi connectivity index (χ3v) is 4.03. The lowest BCUT2D eigenvalue weighted by atomic mass is 10.1. The SMILES string of the molecule is Cc1cccc(NC2CCN(C3CC3)C2)c1C#N. The van der Waals surface area contributed by atoms with Crippen molar-refractivity contribution in [3.63, 3.8) is 0 Å². The van der Waals surface area contributed by atoms with E-state index in [9.17, 15) is 5.26 Å². The third-order valence-electron chi connectivity index (χ3n) is 4.03. The first-order valence-corrected chi connectivity index (χ1v) is 6.78. The van der Waals surface area contributed by atoms with E-state index in [1.807, 2.05) is 25.1 Å². The van der Waals surface area contributed by atoms with E-state index < -0.39 is 0 Å². The minimum atomic E-state index is 0.500. The molecule has 0 amide bonds. The summed E-state index contributed by atoms with van der Waals surface area (Å²) in [5.74, 6) is 0. The second-order valence-electron chi connectivity index (χ2n) is 5.47. The maximum Gasteiger partial charge on any atom is 0.102 e. The first-order chi connectivity index (χ1) is 8.78. The number of benzene rings is 1. The number of anilines is 1. The predicted octanol–water partition coefficient (Wildman–Crippen LogP) is 2.52. The lowest BCUT2D eigenvalue weighted by Crippen LogP contribution is -2.28. The van der Waals surface area contributed by atoms with E-state index in [4.69, 9.17) is 0 Å². The van der Waals surface area contributed by atoms with Gasteiger partial charge in [0.15, 0.2) is 0 Å². The Labute approximate surface area is 108 Å². The van der Waals surface area contributed by atoms with Crippen molar-refractivity contribution in [1.29, 1.82) is 5.26 Å². The van der Waals surface area contributed by atoms with Crippen LogP contribution in [0.2, 0.25) is 0 Å². The van der Waals surface area contributed by atoms with Crippen LogP contribution in [0.4, 0.5) is 5.69 Å². The van der Waals surface area contributed by atoms with E-state index >= 15 is 0 Å². The molecular weight excluding hydrogens is 222 g/mol. The predicted molar refractivity (Wildman–Crippen MR) is 72.5 cm³/mol. The molecule has 0 aromatic heterocycles. The number of likely N-dealkylation sites (tertiary alicyclic amines) is 1. The van der Waals surface area contributed by atoms with E-state index in [0.717, 1.165) is 29.4 Å². The molecule has 2 aliphatic rings. The Bertz CT molecular complexity index is 485. The minimum absolute atomic E-state index is 0.500. The molecule has 1 saturated carbocycles. The Hall–Kier alpha value is -1.53. The van der Waals surface area contributed by atoms with Gasteiger partial charge >= 0.3 is 0 Å². The maximum atomic E-state index is 9.22. The molecule has 2 fully saturated rings. The van der Waals surface area contributed by atoms with Gasteiger partial charge < -0.3 is 5.32 Å². The summed E-state index contributed by atoms with van der Waals surface area (Å²) in [5, 5.41) is 12.8. The van der Waals surface area contributed by atoms with E-state index in [1.165, 1.54) is 25.8 Å². The van der Waals surface area contributed by atoms with Gasteiger partial charge in [-0.3, -0.25) is 4.90 Å². The monoisotopic (exact) mass is 241 g/mol. The fraction of sp³-hybridized carbons (Fsp3) is 0.533. The van der Waals surface area contributed by atoms with Crippen molar-refractivity contribution in [1.82, 2.24) is 4.90 Å². The zero-order valence-corrected chi connectivity index (χ0v) is 10.8. The molecule has 3 heteroatoms. The quantitative estimate of drug-likeness (QED) is 0.883. The Kier molecular flexibility index (Phi) is 2.97. The van der Waals surface area contributed by atoms with Gasteiger partial charge in [-0.25, -0.2) is 0 Å². The molecule has 18 heavy (non-hydrogen) atoms. The molecule has 3 rings (SSSR count). The first kappa shape index (κ1) is 11.6. The lowest BCUT2D eigenvalue weighted by molar-refractivity contribution is 0.326. The summed E-state index contributed by atoms with van der Waals surface area (Å²) in [4.78, 5) is 2.58. The second-order valence-corrected chi connectivity index (χ2v) is 5.47. The number of nitrogens with one attached hydrogen (secondary N) is 1. The smallest absolute Gasteiger partial charge is 0.102 e. The summed E-state index contributed by atoms with van der Waals surface area (Å²) in [7, 11) is 0. The van der Waals surface area contributed by atoms with Crippen LogP contribution in [0.1, 0.15) is 30.4 Å². The molecule has 1 aliphatic carbocycles. The molecule has 0 spiro atoms. The Balaban J connectivity index is 1.70. The lowest BCUT2D eigenvalue weighted by Gasteiger charge is -2.17. The molecule has 0 radical (unpaired) electrons. The van der Waals surface area contributed by atoms with Gasteiger partial charge in [0.1, 0.15) is 6.07 Å². The summed E-state index contributed by atoms with van der Waals surface area (Å²) in [6.45, 7) is 4.33. The molecule has 94 valence electrons. The van der Waals surface area contributed by atoms with E-state index in [2.05, 4.69) is 16.3 Å². The van der Waals surface area contributed by atoms with E-state index in [-0.39, 0.29) is 0 Å². The third kappa shape index (κ3) is 2.21. The van der Waals surface area contributed by atoms with Crippen molar-refractivity contribution in [2.24, 2.45) is 0 Å². The van der Waals surface area contributed by atoms with Gasteiger partial charge in [0.05, 0.1) is 11.3 Å². The van der Waals surface area contributed by atoms with Crippen LogP contribution in [-0.2, 0) is 0 Å². The zero-order chi connectivity index (χ0) is 12.5. The summed E-state index contributed by atoms with van der Waals surface area (Å²) >= 11 is 0. The highest BCUT2D eigenvalue weighted by Gasteiger charge is 2.34. The summed E-state index contributed by atoms with van der Waals surface area (Å²) in [6, 6.07) is 9.69. The van der Waals surface area contributed by atoms with Crippen LogP contribution in [0.3, 0.4) is 0 Å². The van der Waals surface area contributed by atoms with Gasteiger partial charge in [-0.05, 0) is 37.8 Å². The second kappa shape index (κ2) is 4.62. The Morgan fingerprint density at radius 2 is 2.17 bits per heavy atom. The van der Waals surface area contributed by atoms with Gasteiger partial charge in [-0.1, -0.05) is 12.1 Å². The molecule has 1 saturated heterocycles. The van der Waals surface area contributed by atoms with E-state index in [1.54, 1.807) is 0 Å². The van der Waals surface area contributed by atoms with Crippen LogP contribution in [0.5, 0.6) is 0 Å². The van der Waals surface area contributed by atoms with Crippen LogP contribution in [-0.4, -0.2) is 30.1 Å². The fourth-order valence-electron chi connectivity index (χ4n) is 2.83. The van der Waals surface area contributed by atoms with Gasteiger partial charge in [0.2, 0.25) is 0 Å². The van der Waals surface area contributed by atoms with Crippen molar-refractivity contribution in [2.45, 2.75) is 38.3 Å². The van der Waals surface area contributed by atoms with Crippen LogP contribution < -0.4 is 5.32 Å². The van der Waals surface area contributed by atoms with Crippen LogP contribution in [0.25, 0.3) is 0 Å². The van der Waals surface area contributed by atoms with Crippen LogP contribution in [0.15, 0.2) is 18.2 Å². The highest BCUT2D eigenvalue weighted by Crippen LogP contribution is 2.31. The molecule has 1 aliphatic heterocycles. The number of nitrogens with zero attached hydrogens (tertiary/aromatic N) is 2. The molecule has 1 aromatic rings. The maximum absolute atomic E-state index is 9.22. The Morgan fingerprint density at radius 1 is 1.33 bits per heavy atom. The first-order valence-electron chi connectivity index (χ1n) is 6.78. The van der Waals surface area contributed by atoms with Crippen molar-refractivity contribution in [3.05, 3.63) is 29.3 Å². The normalized spacial score (nSPS) is 23.9.